The largest absolute Gasteiger partial charge is 0.386 e. The van der Waals surface area contributed by atoms with E-state index in [4.69, 9.17) is 11.6 Å². The molecule has 0 fully saturated rings. The van der Waals surface area contributed by atoms with Crippen molar-refractivity contribution in [1.29, 1.82) is 0 Å². The van der Waals surface area contributed by atoms with Crippen LogP contribution in [0.4, 0.5) is 20.6 Å². The van der Waals surface area contributed by atoms with Crippen molar-refractivity contribution in [3.63, 3.8) is 0 Å². The van der Waals surface area contributed by atoms with Gasteiger partial charge in [0.2, 0.25) is 0 Å². The van der Waals surface area contributed by atoms with Gasteiger partial charge in [0, 0.05) is 35.4 Å². The summed E-state index contributed by atoms with van der Waals surface area (Å²) in [7, 11) is -0.0962. The molecule has 2 amide bonds. The van der Waals surface area contributed by atoms with Crippen LogP contribution in [0.3, 0.4) is 0 Å². The number of urea groups is 1. The summed E-state index contributed by atoms with van der Waals surface area (Å²) in [6, 6.07) is 8.95. The number of anilines is 2. The lowest BCUT2D eigenvalue weighted by molar-refractivity contribution is 0.257. The summed E-state index contributed by atoms with van der Waals surface area (Å²) in [6.45, 7) is 1.77. The highest BCUT2D eigenvalue weighted by Gasteiger charge is 2.16. The molecule has 34 heavy (non-hydrogen) atoms. The molecule has 3 aromatic rings. The molecule has 0 radical (unpaired) electrons. The van der Waals surface area contributed by atoms with Crippen LogP contribution in [0, 0.1) is 12.7 Å². The lowest BCUT2D eigenvalue weighted by atomic mass is 10.1. The molecule has 3 N–H and O–H groups in total. The standard InChI is InChI=1S/C23H20ClFN4O3S2/c1-13-9-16(29-8-7-14-10-20(26-2)18(25)11-17(14)22(29)30)4-5-19(13)27-23(31)28-34(32)21-6-3-15(24)12-33-21/h3-11,26H,12H2,1-2H3,(H2,27,28,31). The predicted molar refractivity (Wildman–Crippen MR) is 139 cm³/mol. The number of carbonyl (C=O) groups excluding carboxylic acids is 1. The lowest BCUT2D eigenvalue weighted by Gasteiger charge is -2.14. The quantitative estimate of drug-likeness (QED) is 0.443. The number of allylic oxidation sites excluding steroid dienone is 2. The molecule has 0 bridgehead atoms. The molecule has 7 nitrogen and oxygen atoms in total. The fourth-order valence-electron chi connectivity index (χ4n) is 3.39. The van der Waals surface area contributed by atoms with Crippen LogP contribution in [0.2, 0.25) is 0 Å². The zero-order chi connectivity index (χ0) is 24.4. The Labute approximate surface area is 206 Å². The molecule has 11 heteroatoms. The second kappa shape index (κ2) is 10.0. The van der Waals surface area contributed by atoms with Crippen molar-refractivity contribution in [2.75, 3.05) is 23.4 Å². The molecule has 0 spiro atoms. The first-order valence-electron chi connectivity index (χ1n) is 10.1. The number of nitrogens with zero attached hydrogens (tertiary/aromatic N) is 1. The van der Waals surface area contributed by atoms with Crippen LogP contribution in [0.1, 0.15) is 5.56 Å². The summed E-state index contributed by atoms with van der Waals surface area (Å²) in [4.78, 5) is 25.3. The summed E-state index contributed by atoms with van der Waals surface area (Å²) in [5, 5.41) is 6.95. The van der Waals surface area contributed by atoms with Gasteiger partial charge < -0.3 is 10.6 Å². The number of halogens is 2. The average Bonchev–Trinajstić information content (AvgIpc) is 2.81. The Morgan fingerprint density at radius 2 is 1.97 bits per heavy atom. The fraction of sp³-hybridized carbons (Fsp3) is 0.130. The minimum Gasteiger partial charge on any atom is -0.386 e. The van der Waals surface area contributed by atoms with Crippen molar-refractivity contribution >= 4 is 62.5 Å². The van der Waals surface area contributed by atoms with E-state index >= 15 is 0 Å². The number of rotatable bonds is 5. The van der Waals surface area contributed by atoms with Gasteiger partial charge in [-0.15, -0.1) is 11.8 Å². The van der Waals surface area contributed by atoms with Crippen LogP contribution in [-0.4, -0.2) is 27.6 Å². The van der Waals surface area contributed by atoms with E-state index in [-0.39, 0.29) is 10.9 Å². The molecule has 1 unspecified atom stereocenters. The Hall–Kier alpha value is -3.08. The van der Waals surface area contributed by atoms with Crippen LogP contribution in [-0.2, 0) is 11.0 Å². The highest BCUT2D eigenvalue weighted by atomic mass is 35.5. The zero-order valence-electron chi connectivity index (χ0n) is 18.1. The number of thioether (sulfide) groups is 1. The van der Waals surface area contributed by atoms with E-state index in [1.54, 1.807) is 62.7 Å². The van der Waals surface area contributed by atoms with Crippen LogP contribution >= 0.6 is 23.4 Å². The monoisotopic (exact) mass is 518 g/mol. The Morgan fingerprint density at radius 3 is 2.65 bits per heavy atom. The number of carbonyl (C=O) groups is 1. The van der Waals surface area contributed by atoms with Crippen molar-refractivity contribution < 1.29 is 13.4 Å². The molecule has 0 saturated heterocycles. The minimum absolute atomic E-state index is 0.256. The van der Waals surface area contributed by atoms with E-state index in [1.807, 2.05) is 0 Å². The Bertz CT molecular complexity index is 1450. The van der Waals surface area contributed by atoms with Gasteiger partial charge in [0.15, 0.2) is 11.0 Å². The molecule has 1 aromatic heterocycles. The maximum Gasteiger partial charge on any atom is 0.331 e. The number of aryl methyl sites for hydroxylation is 1. The molecule has 4 rings (SSSR count). The van der Waals surface area contributed by atoms with Gasteiger partial charge in [-0.2, -0.15) is 0 Å². The van der Waals surface area contributed by atoms with Crippen molar-refractivity contribution in [3.05, 3.63) is 85.8 Å². The number of benzene rings is 2. The van der Waals surface area contributed by atoms with Crippen molar-refractivity contribution in [3.8, 4) is 5.69 Å². The topological polar surface area (TPSA) is 92.2 Å². The van der Waals surface area contributed by atoms with Crippen LogP contribution in [0.25, 0.3) is 16.5 Å². The third-order valence-corrected chi connectivity index (χ3v) is 8.09. The number of hydrogen-bond donors (Lipinski definition) is 3. The van der Waals surface area contributed by atoms with Crippen molar-refractivity contribution in [2.24, 2.45) is 0 Å². The normalized spacial score (nSPS) is 14.2. The molecule has 2 heterocycles. The second-order valence-electron chi connectivity index (χ2n) is 7.37. The number of pyridine rings is 1. The molecular weight excluding hydrogens is 499 g/mol. The third kappa shape index (κ3) is 5.03. The van der Waals surface area contributed by atoms with E-state index in [9.17, 15) is 18.2 Å². The summed E-state index contributed by atoms with van der Waals surface area (Å²) < 4.78 is 30.9. The van der Waals surface area contributed by atoms with E-state index in [0.717, 1.165) is 0 Å². The Kier molecular flexibility index (Phi) is 7.11. The average molecular weight is 519 g/mol. The molecule has 1 aliphatic rings. The molecule has 1 atom stereocenters. The van der Waals surface area contributed by atoms with E-state index in [1.165, 1.54) is 22.4 Å². The summed E-state index contributed by atoms with van der Waals surface area (Å²) in [5.41, 5.74) is 1.69. The molecular formula is C23H20ClFN4O3S2. The highest BCUT2D eigenvalue weighted by molar-refractivity contribution is 8.16. The molecule has 176 valence electrons. The van der Waals surface area contributed by atoms with Crippen LogP contribution in [0.15, 0.2) is 68.8 Å². The van der Waals surface area contributed by atoms with Gasteiger partial charge in [0.25, 0.3) is 5.56 Å². The summed E-state index contributed by atoms with van der Waals surface area (Å²) in [6.07, 6.45) is 4.88. The Balaban J connectivity index is 1.54. The summed E-state index contributed by atoms with van der Waals surface area (Å²) >= 11 is 7.18. The maximum absolute atomic E-state index is 14.2. The van der Waals surface area contributed by atoms with Gasteiger partial charge in [-0.3, -0.25) is 14.1 Å². The van der Waals surface area contributed by atoms with Gasteiger partial charge in [0.05, 0.1) is 15.3 Å². The number of fused-ring (bicyclic) bond motifs is 1. The van der Waals surface area contributed by atoms with Crippen LogP contribution < -0.4 is 20.9 Å². The fourth-order valence-corrected chi connectivity index (χ4v) is 5.40. The highest BCUT2D eigenvalue weighted by Crippen LogP contribution is 2.28. The van der Waals surface area contributed by atoms with E-state index in [0.29, 0.717) is 43.0 Å². The van der Waals surface area contributed by atoms with E-state index < -0.39 is 22.8 Å². The predicted octanol–water partition coefficient (Wildman–Crippen LogP) is 4.98. The van der Waals surface area contributed by atoms with E-state index in [2.05, 4.69) is 15.4 Å². The van der Waals surface area contributed by atoms with Gasteiger partial charge in [-0.25, -0.2) is 13.4 Å². The van der Waals surface area contributed by atoms with Gasteiger partial charge in [-0.1, -0.05) is 11.6 Å². The number of hydrogen-bond acceptors (Lipinski definition) is 5. The third-order valence-electron chi connectivity index (χ3n) is 5.12. The van der Waals surface area contributed by atoms with Crippen molar-refractivity contribution in [2.45, 2.75) is 6.92 Å². The SMILES string of the molecule is CNc1cc2ccn(-c3ccc(NC(=O)NS(=O)C4=CC=C(Cl)CS4)c(C)c3)c(=O)c2cc1F. The Morgan fingerprint density at radius 1 is 1.18 bits per heavy atom. The lowest BCUT2D eigenvalue weighted by Crippen LogP contribution is -2.31. The smallest absolute Gasteiger partial charge is 0.331 e. The van der Waals surface area contributed by atoms with Gasteiger partial charge >= 0.3 is 6.03 Å². The molecule has 2 aromatic carbocycles. The number of aromatic nitrogens is 1. The van der Waals surface area contributed by atoms with Crippen molar-refractivity contribution in [1.82, 2.24) is 9.29 Å². The van der Waals surface area contributed by atoms with Crippen LogP contribution in [0.5, 0.6) is 0 Å². The first-order chi connectivity index (χ1) is 16.3. The molecule has 1 aliphatic heterocycles. The van der Waals surface area contributed by atoms with Gasteiger partial charge in [-0.05, 0) is 66.4 Å². The number of amides is 2. The summed E-state index contributed by atoms with van der Waals surface area (Å²) in [5.74, 6) is -0.00837. The second-order valence-corrected chi connectivity index (χ2v) is 10.3. The number of nitrogens with one attached hydrogen (secondary N) is 3. The maximum atomic E-state index is 14.2. The molecule has 0 saturated carbocycles. The zero-order valence-corrected chi connectivity index (χ0v) is 20.5. The van der Waals surface area contributed by atoms with Gasteiger partial charge in [0.1, 0.15) is 5.82 Å². The molecule has 0 aliphatic carbocycles. The first-order valence-corrected chi connectivity index (χ1v) is 12.6. The minimum atomic E-state index is -1.71. The first kappa shape index (κ1) is 24.1.